The van der Waals surface area contributed by atoms with E-state index in [2.05, 4.69) is 27.7 Å². The van der Waals surface area contributed by atoms with Gasteiger partial charge in [0.15, 0.2) is 0 Å². The number of nitrogens with zero attached hydrogens (tertiary/aromatic N) is 2. The van der Waals surface area contributed by atoms with Crippen molar-refractivity contribution in [2.75, 3.05) is 27.2 Å². The molecule has 0 aliphatic carbocycles. The van der Waals surface area contributed by atoms with Gasteiger partial charge >= 0.3 is 0 Å². The average Bonchev–Trinajstić information content (AvgIpc) is 2.61. The summed E-state index contributed by atoms with van der Waals surface area (Å²) in [7, 11) is -0.122. The Kier molecular flexibility index (Phi) is 4.38. The molecule has 4 nitrogen and oxygen atoms in total. The van der Waals surface area contributed by atoms with Gasteiger partial charge in [-0.1, -0.05) is 38.8 Å². The van der Waals surface area contributed by atoms with E-state index in [0.29, 0.717) is 24.9 Å². The highest BCUT2D eigenvalue weighted by Gasteiger charge is 2.33. The van der Waals surface area contributed by atoms with Crippen LogP contribution in [0.1, 0.15) is 27.7 Å². The molecule has 0 fully saturated rings. The van der Waals surface area contributed by atoms with E-state index in [4.69, 9.17) is 0 Å². The van der Waals surface area contributed by atoms with Gasteiger partial charge in [-0.25, -0.2) is 0 Å². The van der Waals surface area contributed by atoms with E-state index >= 15 is 0 Å². The Labute approximate surface area is 105 Å². The van der Waals surface area contributed by atoms with Gasteiger partial charge in [-0.15, -0.1) is 0 Å². The van der Waals surface area contributed by atoms with Crippen molar-refractivity contribution >= 4 is 10.2 Å². The van der Waals surface area contributed by atoms with Gasteiger partial charge in [0.2, 0.25) is 0 Å². The molecule has 0 N–H and O–H groups in total. The third kappa shape index (κ3) is 2.89. The number of hydrogen-bond acceptors (Lipinski definition) is 2. The number of hydrogen-bond donors (Lipinski definition) is 0. The minimum atomic E-state index is -3.28. The summed E-state index contributed by atoms with van der Waals surface area (Å²) in [5.74, 6) is 0.824. The molecule has 0 spiro atoms. The van der Waals surface area contributed by atoms with E-state index in [-0.39, 0.29) is 0 Å². The van der Waals surface area contributed by atoms with Crippen LogP contribution in [-0.4, -0.2) is 44.2 Å². The molecule has 1 heterocycles. The second kappa shape index (κ2) is 5.08. The quantitative estimate of drug-likeness (QED) is 0.722. The Bertz CT molecular complexity index is 388. The molecular formula is C12H24N2O2S. The molecule has 0 aromatic carbocycles. The van der Waals surface area contributed by atoms with E-state index < -0.39 is 10.2 Å². The van der Waals surface area contributed by atoms with E-state index in [9.17, 15) is 8.42 Å². The maximum Gasteiger partial charge on any atom is 0.282 e. The molecule has 0 radical (unpaired) electrons. The second-order valence-corrected chi connectivity index (χ2v) is 7.56. The zero-order chi connectivity index (χ0) is 13.4. The maximum atomic E-state index is 12.1. The van der Waals surface area contributed by atoms with Gasteiger partial charge in [-0.05, 0) is 11.8 Å². The van der Waals surface area contributed by atoms with Gasteiger partial charge in [0.05, 0.1) is 0 Å². The maximum absolute atomic E-state index is 12.1. The third-order valence-electron chi connectivity index (χ3n) is 3.29. The van der Waals surface area contributed by atoms with Crippen LogP contribution in [0, 0.1) is 11.8 Å². The number of rotatable bonds is 4. The monoisotopic (exact) mass is 260 g/mol. The summed E-state index contributed by atoms with van der Waals surface area (Å²) in [6, 6.07) is 0. The van der Waals surface area contributed by atoms with Crippen molar-refractivity contribution in [2.45, 2.75) is 27.7 Å². The Morgan fingerprint density at radius 3 is 1.59 bits per heavy atom. The largest absolute Gasteiger partial charge is 0.282 e. The van der Waals surface area contributed by atoms with Crippen molar-refractivity contribution < 1.29 is 8.42 Å². The van der Waals surface area contributed by atoms with Gasteiger partial charge < -0.3 is 0 Å². The molecule has 0 aromatic heterocycles. The molecule has 0 saturated carbocycles. The molecule has 0 aromatic rings. The Balaban J connectivity index is 2.99. The summed E-state index contributed by atoms with van der Waals surface area (Å²) < 4.78 is 27.0. The van der Waals surface area contributed by atoms with Crippen LogP contribution >= 0.6 is 0 Å². The molecule has 5 heteroatoms. The van der Waals surface area contributed by atoms with Crippen molar-refractivity contribution in [1.29, 1.82) is 0 Å². The standard InChI is InChI=1S/C12H24N2O2S/c1-9(2)11-7-14(8-12(11)10(3)4)17(15,16)13(5)6/h9-10H,7-8H2,1-6H3. The summed E-state index contributed by atoms with van der Waals surface area (Å²) in [6.45, 7) is 9.61. The Hall–Kier alpha value is -0.390. The highest BCUT2D eigenvalue weighted by molar-refractivity contribution is 7.86. The van der Waals surface area contributed by atoms with Crippen LogP contribution in [0.25, 0.3) is 0 Å². The first-order valence-electron chi connectivity index (χ1n) is 6.07. The molecule has 1 aliphatic heterocycles. The summed E-state index contributed by atoms with van der Waals surface area (Å²) in [6.07, 6.45) is 0. The molecule has 0 bridgehead atoms. The predicted octanol–water partition coefficient (Wildman–Crippen LogP) is 1.72. The van der Waals surface area contributed by atoms with E-state index in [1.165, 1.54) is 15.5 Å². The summed E-state index contributed by atoms with van der Waals surface area (Å²) >= 11 is 0. The van der Waals surface area contributed by atoms with E-state index in [1.807, 2.05) is 0 Å². The molecule has 0 amide bonds. The van der Waals surface area contributed by atoms with Gasteiger partial charge in [0.25, 0.3) is 10.2 Å². The highest BCUT2D eigenvalue weighted by Crippen LogP contribution is 2.30. The molecular weight excluding hydrogens is 236 g/mol. The van der Waals surface area contributed by atoms with Crippen LogP contribution in [0.15, 0.2) is 11.1 Å². The topological polar surface area (TPSA) is 40.6 Å². The van der Waals surface area contributed by atoms with Gasteiger partial charge in [-0.2, -0.15) is 17.0 Å². The third-order valence-corrected chi connectivity index (χ3v) is 5.12. The first kappa shape index (κ1) is 14.7. The fraction of sp³-hybridized carbons (Fsp3) is 0.833. The Morgan fingerprint density at radius 1 is 1.00 bits per heavy atom. The fourth-order valence-electron chi connectivity index (χ4n) is 2.14. The lowest BCUT2D eigenvalue weighted by atomic mass is 9.93. The van der Waals surface area contributed by atoms with E-state index in [1.54, 1.807) is 18.4 Å². The van der Waals surface area contributed by atoms with Crippen LogP contribution in [0.5, 0.6) is 0 Å². The first-order valence-corrected chi connectivity index (χ1v) is 7.47. The molecule has 0 saturated heterocycles. The van der Waals surface area contributed by atoms with Crippen LogP contribution in [-0.2, 0) is 10.2 Å². The lowest BCUT2D eigenvalue weighted by molar-refractivity contribution is 0.418. The normalized spacial score (nSPS) is 19.1. The zero-order valence-electron chi connectivity index (χ0n) is 11.7. The summed E-state index contributed by atoms with van der Waals surface area (Å²) in [4.78, 5) is 0. The highest BCUT2D eigenvalue weighted by atomic mass is 32.2. The van der Waals surface area contributed by atoms with Crippen molar-refractivity contribution in [1.82, 2.24) is 8.61 Å². The van der Waals surface area contributed by atoms with Crippen molar-refractivity contribution in [3.8, 4) is 0 Å². The SMILES string of the molecule is CC(C)C1=C(C(C)C)CN(S(=O)(=O)N(C)C)C1. The lowest BCUT2D eigenvalue weighted by Crippen LogP contribution is -2.39. The second-order valence-electron chi connectivity index (χ2n) is 5.42. The predicted molar refractivity (Wildman–Crippen MR) is 70.9 cm³/mol. The van der Waals surface area contributed by atoms with Crippen LogP contribution in [0.4, 0.5) is 0 Å². The average molecular weight is 260 g/mol. The molecule has 0 atom stereocenters. The molecule has 0 unspecified atom stereocenters. The van der Waals surface area contributed by atoms with Crippen LogP contribution in [0.2, 0.25) is 0 Å². The van der Waals surface area contributed by atoms with E-state index in [0.717, 1.165) is 0 Å². The molecule has 1 aliphatic rings. The molecule has 1 rings (SSSR count). The zero-order valence-corrected chi connectivity index (χ0v) is 12.5. The van der Waals surface area contributed by atoms with Crippen LogP contribution in [0.3, 0.4) is 0 Å². The Morgan fingerprint density at radius 2 is 1.35 bits per heavy atom. The summed E-state index contributed by atoms with van der Waals surface area (Å²) in [5.41, 5.74) is 2.57. The van der Waals surface area contributed by atoms with Crippen molar-refractivity contribution in [3.63, 3.8) is 0 Å². The smallest absolute Gasteiger partial charge is 0.195 e. The lowest BCUT2D eigenvalue weighted by Gasteiger charge is -2.21. The van der Waals surface area contributed by atoms with Crippen molar-refractivity contribution in [3.05, 3.63) is 11.1 Å². The van der Waals surface area contributed by atoms with Crippen molar-refractivity contribution in [2.24, 2.45) is 11.8 Å². The summed E-state index contributed by atoms with van der Waals surface area (Å²) in [5, 5.41) is 0. The first-order chi connectivity index (χ1) is 7.67. The minimum Gasteiger partial charge on any atom is -0.195 e. The molecule has 17 heavy (non-hydrogen) atoms. The van der Waals surface area contributed by atoms with Crippen LogP contribution < -0.4 is 0 Å². The minimum absolute atomic E-state index is 0.412. The van der Waals surface area contributed by atoms with Gasteiger partial charge in [0.1, 0.15) is 0 Å². The van der Waals surface area contributed by atoms with Gasteiger partial charge in [-0.3, -0.25) is 0 Å². The fourth-order valence-corrected chi connectivity index (χ4v) is 3.21. The molecule has 100 valence electrons. The van der Waals surface area contributed by atoms with Gasteiger partial charge in [0, 0.05) is 27.2 Å².